The summed E-state index contributed by atoms with van der Waals surface area (Å²) in [5, 5.41) is -0.189. The number of nitrogens with zero attached hydrogens (tertiary/aromatic N) is 1. The molecule has 1 aromatic rings. The molecule has 0 N–H and O–H groups in total. The van der Waals surface area contributed by atoms with Crippen LogP contribution in [0.15, 0.2) is 12.1 Å². The van der Waals surface area contributed by atoms with Gasteiger partial charge in [0.1, 0.15) is 5.15 Å². The zero-order chi connectivity index (χ0) is 11.1. The number of rotatable bonds is 2. The predicted molar refractivity (Wildman–Crippen MR) is 47.9 cm³/mol. The average molecular weight is 238 g/mol. The van der Waals surface area contributed by atoms with Crippen LogP contribution in [0.4, 0.5) is 13.2 Å². The molecule has 1 aliphatic rings. The summed E-state index contributed by atoms with van der Waals surface area (Å²) >= 11 is 5.41. The maximum Gasteiger partial charge on any atom is 0.437 e. The number of hydrogen-bond donors (Lipinski definition) is 0. The highest BCUT2D eigenvalue weighted by molar-refractivity contribution is 6.29. The van der Waals surface area contributed by atoms with E-state index in [9.17, 15) is 13.2 Å². The number of pyridine rings is 1. The van der Waals surface area contributed by atoms with Gasteiger partial charge in [0.05, 0.1) is 6.10 Å². The van der Waals surface area contributed by atoms with E-state index in [1.54, 1.807) is 0 Å². The van der Waals surface area contributed by atoms with Gasteiger partial charge in [-0.1, -0.05) is 11.6 Å². The summed E-state index contributed by atoms with van der Waals surface area (Å²) in [5.41, 5.74) is -1.05. The Balaban J connectivity index is 2.34. The van der Waals surface area contributed by atoms with Gasteiger partial charge in [-0.05, 0) is 25.0 Å². The van der Waals surface area contributed by atoms with E-state index < -0.39 is 11.9 Å². The van der Waals surface area contributed by atoms with Gasteiger partial charge in [-0.25, -0.2) is 4.98 Å². The zero-order valence-corrected chi connectivity index (χ0v) is 8.27. The first-order chi connectivity index (χ1) is 6.97. The van der Waals surface area contributed by atoms with Crippen LogP contribution in [-0.2, 0) is 6.18 Å². The van der Waals surface area contributed by atoms with E-state index in [1.807, 2.05) is 0 Å². The molecule has 1 saturated carbocycles. The van der Waals surface area contributed by atoms with Gasteiger partial charge in [-0.15, -0.1) is 0 Å². The first-order valence-corrected chi connectivity index (χ1v) is 4.75. The maximum absolute atomic E-state index is 12.5. The lowest BCUT2D eigenvalue weighted by atomic mass is 10.3. The van der Waals surface area contributed by atoms with E-state index in [4.69, 9.17) is 16.3 Å². The van der Waals surface area contributed by atoms with Gasteiger partial charge in [0.15, 0.2) is 11.4 Å². The SMILES string of the molecule is FC(F)(F)c1nc(Cl)ccc1OC1CC1. The Hall–Kier alpha value is -0.970. The van der Waals surface area contributed by atoms with E-state index in [1.165, 1.54) is 12.1 Å². The third-order valence-electron chi connectivity index (χ3n) is 1.91. The van der Waals surface area contributed by atoms with Crippen LogP contribution in [0, 0.1) is 0 Å². The molecule has 1 heterocycles. The summed E-state index contributed by atoms with van der Waals surface area (Å²) in [6.45, 7) is 0. The molecular weight excluding hydrogens is 231 g/mol. The molecular formula is C9H7ClF3NO. The Morgan fingerprint density at radius 3 is 2.53 bits per heavy atom. The van der Waals surface area contributed by atoms with Crippen LogP contribution in [0.3, 0.4) is 0 Å². The molecule has 0 aromatic carbocycles. The van der Waals surface area contributed by atoms with E-state index in [0.717, 1.165) is 12.8 Å². The minimum absolute atomic E-state index is 0.103. The number of hydrogen-bond acceptors (Lipinski definition) is 2. The number of aromatic nitrogens is 1. The molecule has 0 radical (unpaired) electrons. The molecule has 2 nitrogen and oxygen atoms in total. The molecule has 6 heteroatoms. The highest BCUT2D eigenvalue weighted by Crippen LogP contribution is 2.38. The van der Waals surface area contributed by atoms with Gasteiger partial charge < -0.3 is 4.74 Å². The summed E-state index contributed by atoms with van der Waals surface area (Å²) in [7, 11) is 0. The standard InChI is InChI=1S/C9H7ClF3NO/c10-7-4-3-6(15-5-1-2-5)8(14-7)9(11,12)13/h3-5H,1-2H2. The summed E-state index contributed by atoms with van der Waals surface area (Å²) in [6.07, 6.45) is -3.05. The highest BCUT2D eigenvalue weighted by atomic mass is 35.5. The van der Waals surface area contributed by atoms with Crippen LogP contribution < -0.4 is 4.74 Å². The topological polar surface area (TPSA) is 22.1 Å². The minimum atomic E-state index is -4.53. The minimum Gasteiger partial charge on any atom is -0.488 e. The Labute approximate surface area is 89.0 Å². The van der Waals surface area contributed by atoms with Gasteiger partial charge in [-0.2, -0.15) is 13.2 Å². The molecule has 0 amide bonds. The third-order valence-corrected chi connectivity index (χ3v) is 2.12. The van der Waals surface area contributed by atoms with Crippen LogP contribution in [0.25, 0.3) is 0 Å². The van der Waals surface area contributed by atoms with E-state index in [2.05, 4.69) is 4.98 Å². The van der Waals surface area contributed by atoms with Crippen LogP contribution >= 0.6 is 11.6 Å². The third kappa shape index (κ3) is 2.53. The van der Waals surface area contributed by atoms with Crippen molar-refractivity contribution in [2.24, 2.45) is 0 Å². The zero-order valence-electron chi connectivity index (χ0n) is 7.51. The molecule has 1 fully saturated rings. The van der Waals surface area contributed by atoms with Crippen molar-refractivity contribution in [3.63, 3.8) is 0 Å². The van der Waals surface area contributed by atoms with Crippen molar-refractivity contribution in [2.75, 3.05) is 0 Å². The van der Waals surface area contributed by atoms with Crippen molar-refractivity contribution in [1.82, 2.24) is 4.98 Å². The van der Waals surface area contributed by atoms with Gasteiger partial charge in [0, 0.05) is 0 Å². The molecule has 15 heavy (non-hydrogen) atoms. The largest absolute Gasteiger partial charge is 0.488 e. The van der Waals surface area contributed by atoms with Gasteiger partial charge in [-0.3, -0.25) is 0 Å². The summed E-state index contributed by atoms with van der Waals surface area (Å²) in [6, 6.07) is 2.49. The number of halogens is 4. The first kappa shape index (κ1) is 10.5. The molecule has 0 atom stereocenters. The fourth-order valence-corrected chi connectivity index (χ4v) is 1.23. The molecule has 0 aliphatic heterocycles. The Bertz CT molecular complexity index is 376. The quantitative estimate of drug-likeness (QED) is 0.737. The van der Waals surface area contributed by atoms with Crippen LogP contribution in [0.2, 0.25) is 5.15 Å². The van der Waals surface area contributed by atoms with Crippen molar-refractivity contribution in [2.45, 2.75) is 25.1 Å². The van der Waals surface area contributed by atoms with Crippen molar-refractivity contribution in [3.05, 3.63) is 23.0 Å². The van der Waals surface area contributed by atoms with Crippen molar-refractivity contribution in [1.29, 1.82) is 0 Å². The number of alkyl halides is 3. The molecule has 82 valence electrons. The Morgan fingerprint density at radius 2 is 2.00 bits per heavy atom. The molecule has 1 aliphatic carbocycles. The Morgan fingerprint density at radius 1 is 1.33 bits per heavy atom. The maximum atomic E-state index is 12.5. The van der Waals surface area contributed by atoms with Crippen molar-refractivity contribution < 1.29 is 17.9 Å². The Kier molecular flexibility index (Phi) is 2.50. The van der Waals surface area contributed by atoms with Gasteiger partial charge in [0.25, 0.3) is 0 Å². The van der Waals surface area contributed by atoms with Gasteiger partial charge >= 0.3 is 6.18 Å². The first-order valence-electron chi connectivity index (χ1n) is 4.37. The molecule has 0 unspecified atom stereocenters. The van der Waals surface area contributed by atoms with E-state index in [0.29, 0.717) is 0 Å². The van der Waals surface area contributed by atoms with Crippen LogP contribution in [0.1, 0.15) is 18.5 Å². The molecule has 1 aromatic heterocycles. The second-order valence-corrected chi connectivity index (χ2v) is 3.68. The van der Waals surface area contributed by atoms with Crippen molar-refractivity contribution in [3.8, 4) is 5.75 Å². The van der Waals surface area contributed by atoms with Crippen LogP contribution in [-0.4, -0.2) is 11.1 Å². The van der Waals surface area contributed by atoms with E-state index >= 15 is 0 Å². The number of ether oxygens (including phenoxy) is 1. The molecule has 2 rings (SSSR count). The molecule has 0 bridgehead atoms. The summed E-state index contributed by atoms with van der Waals surface area (Å²) in [5.74, 6) is -0.241. The average Bonchev–Trinajstić information content (AvgIpc) is 2.90. The van der Waals surface area contributed by atoms with Crippen LogP contribution in [0.5, 0.6) is 5.75 Å². The lowest BCUT2D eigenvalue weighted by Gasteiger charge is -2.12. The van der Waals surface area contributed by atoms with Crippen molar-refractivity contribution >= 4 is 11.6 Å². The summed E-state index contributed by atoms with van der Waals surface area (Å²) < 4.78 is 42.6. The summed E-state index contributed by atoms with van der Waals surface area (Å²) in [4.78, 5) is 3.24. The second kappa shape index (κ2) is 3.56. The molecule has 0 saturated heterocycles. The van der Waals surface area contributed by atoms with E-state index in [-0.39, 0.29) is 17.0 Å². The molecule has 0 spiro atoms. The highest BCUT2D eigenvalue weighted by Gasteiger charge is 2.38. The fourth-order valence-electron chi connectivity index (χ4n) is 1.09. The lowest BCUT2D eigenvalue weighted by molar-refractivity contribution is -0.142. The predicted octanol–water partition coefficient (Wildman–Crippen LogP) is 3.30. The lowest BCUT2D eigenvalue weighted by Crippen LogP contribution is -2.12. The second-order valence-electron chi connectivity index (χ2n) is 3.30. The smallest absolute Gasteiger partial charge is 0.437 e. The normalized spacial score (nSPS) is 16.5. The fraction of sp³-hybridized carbons (Fsp3) is 0.444. The monoisotopic (exact) mass is 237 g/mol. The van der Waals surface area contributed by atoms with Gasteiger partial charge in [0.2, 0.25) is 0 Å².